The third-order valence-electron chi connectivity index (χ3n) is 6.80. The van der Waals surface area contributed by atoms with Crippen LogP contribution >= 0.6 is 11.6 Å². The number of rotatable bonds is 5. The van der Waals surface area contributed by atoms with Gasteiger partial charge in [-0.2, -0.15) is 0 Å². The smallest absolute Gasteiger partial charge is 0.245 e. The van der Waals surface area contributed by atoms with Crippen molar-refractivity contribution in [1.82, 2.24) is 0 Å². The first-order valence-corrected chi connectivity index (χ1v) is 11.5. The highest BCUT2D eigenvalue weighted by Gasteiger charge is 2.58. The lowest BCUT2D eigenvalue weighted by Crippen LogP contribution is -2.44. The van der Waals surface area contributed by atoms with Crippen LogP contribution in [-0.4, -0.2) is 42.9 Å². The van der Waals surface area contributed by atoms with Crippen LogP contribution in [-0.2, 0) is 0 Å². The molecule has 6 nitrogen and oxygen atoms in total. The van der Waals surface area contributed by atoms with Gasteiger partial charge in [-0.1, -0.05) is 54.1 Å². The highest BCUT2D eigenvalue weighted by molar-refractivity contribution is 6.30. The van der Waals surface area contributed by atoms with Crippen LogP contribution in [0.1, 0.15) is 27.4 Å². The van der Waals surface area contributed by atoms with E-state index in [0.717, 1.165) is 22.5 Å². The standard InChI is InChI=1S/C27H24ClN3O3/c1-29(2)21-14-9-18(10-15-21)24-25(31(33)34)23-16-11-17-5-3-4-6-22(17)30(23)26(24)27(32)19-7-12-20(28)13-8-19/h3-16,23-26H,1-2H3/t23-,24+,25+,26-/m0/s1. The van der Waals surface area contributed by atoms with Crippen LogP contribution in [0, 0.1) is 10.1 Å². The maximum atomic E-state index is 14.0. The molecule has 7 heteroatoms. The molecule has 0 bridgehead atoms. The fraction of sp³-hybridized carbons (Fsp3) is 0.222. The maximum Gasteiger partial charge on any atom is 0.245 e. The van der Waals surface area contributed by atoms with Gasteiger partial charge in [-0.25, -0.2) is 0 Å². The Morgan fingerprint density at radius 2 is 1.68 bits per heavy atom. The van der Waals surface area contributed by atoms with E-state index in [1.165, 1.54) is 0 Å². The number of fused-ring (bicyclic) bond motifs is 3. The summed E-state index contributed by atoms with van der Waals surface area (Å²) in [5.74, 6) is -0.784. The van der Waals surface area contributed by atoms with Crippen LogP contribution < -0.4 is 9.80 Å². The van der Waals surface area contributed by atoms with Crippen LogP contribution in [0.4, 0.5) is 11.4 Å². The van der Waals surface area contributed by atoms with Gasteiger partial charge in [0.15, 0.2) is 5.78 Å². The van der Waals surface area contributed by atoms with E-state index in [9.17, 15) is 14.9 Å². The van der Waals surface area contributed by atoms with Crippen molar-refractivity contribution in [3.8, 4) is 0 Å². The largest absolute Gasteiger partial charge is 0.378 e. The van der Waals surface area contributed by atoms with Crippen molar-refractivity contribution in [1.29, 1.82) is 0 Å². The summed E-state index contributed by atoms with van der Waals surface area (Å²) in [6, 6.07) is 19.9. The van der Waals surface area contributed by atoms with E-state index >= 15 is 0 Å². The van der Waals surface area contributed by atoms with Gasteiger partial charge >= 0.3 is 0 Å². The number of ketones is 1. The van der Waals surface area contributed by atoms with Crippen LogP contribution in [0.3, 0.4) is 0 Å². The van der Waals surface area contributed by atoms with Gasteiger partial charge in [0.2, 0.25) is 6.04 Å². The Hall–Kier alpha value is -3.64. The number of nitrogens with zero attached hydrogens (tertiary/aromatic N) is 3. The molecule has 2 heterocycles. The van der Waals surface area contributed by atoms with E-state index in [-0.39, 0.29) is 10.7 Å². The number of anilines is 2. The molecule has 0 aliphatic carbocycles. The molecule has 2 aliphatic rings. The van der Waals surface area contributed by atoms with Crippen LogP contribution in [0.15, 0.2) is 78.9 Å². The molecular formula is C27H24ClN3O3. The van der Waals surface area contributed by atoms with Gasteiger partial charge in [0, 0.05) is 41.0 Å². The van der Waals surface area contributed by atoms with E-state index < -0.39 is 24.0 Å². The zero-order chi connectivity index (χ0) is 24.0. The summed E-state index contributed by atoms with van der Waals surface area (Å²) in [5, 5.41) is 13.0. The fourth-order valence-corrected chi connectivity index (χ4v) is 5.34. The Balaban J connectivity index is 1.69. The highest BCUT2D eigenvalue weighted by atomic mass is 35.5. The third kappa shape index (κ3) is 3.64. The van der Waals surface area contributed by atoms with E-state index in [1.54, 1.807) is 24.3 Å². The zero-order valence-corrected chi connectivity index (χ0v) is 19.6. The number of carbonyl (C=O) groups is 1. The molecule has 0 saturated carbocycles. The third-order valence-corrected chi connectivity index (χ3v) is 7.05. The first-order valence-electron chi connectivity index (χ1n) is 11.1. The van der Waals surface area contributed by atoms with Gasteiger partial charge in [-0.3, -0.25) is 14.9 Å². The SMILES string of the molecule is CN(C)c1ccc([C@@H]2[C@H]([N+](=O)[O-])[C@@H]3C=Cc4ccccc4N3[C@@H]2C(=O)c2ccc(Cl)cc2)cc1. The number of nitro groups is 1. The van der Waals surface area contributed by atoms with E-state index in [4.69, 9.17) is 11.6 Å². The lowest BCUT2D eigenvalue weighted by molar-refractivity contribution is -0.524. The van der Waals surface area contributed by atoms with Crippen LogP contribution in [0.5, 0.6) is 0 Å². The first kappa shape index (κ1) is 22.2. The second kappa shape index (κ2) is 8.61. The molecule has 172 valence electrons. The number of para-hydroxylation sites is 1. The molecule has 1 saturated heterocycles. The fourth-order valence-electron chi connectivity index (χ4n) is 5.21. The van der Waals surface area contributed by atoms with Gasteiger partial charge in [-0.05, 0) is 53.6 Å². The van der Waals surface area contributed by atoms with Gasteiger partial charge in [0.25, 0.3) is 0 Å². The Labute approximate surface area is 203 Å². The molecule has 0 aromatic heterocycles. The molecule has 34 heavy (non-hydrogen) atoms. The molecule has 1 fully saturated rings. The minimum Gasteiger partial charge on any atom is -0.378 e. The minimum absolute atomic E-state index is 0.155. The molecule has 0 spiro atoms. The molecule has 0 unspecified atom stereocenters. The lowest BCUT2D eigenvalue weighted by Gasteiger charge is -2.34. The number of Topliss-reactive ketones (excluding diaryl/α,β-unsaturated/α-hetero) is 1. The summed E-state index contributed by atoms with van der Waals surface area (Å²) in [6.45, 7) is 0. The average molecular weight is 474 g/mol. The van der Waals surface area contributed by atoms with Gasteiger partial charge in [0.05, 0.1) is 5.92 Å². The molecule has 2 aliphatic heterocycles. The van der Waals surface area contributed by atoms with Crippen molar-refractivity contribution >= 4 is 34.8 Å². The normalized spacial score (nSPS) is 22.7. The molecule has 4 atom stereocenters. The molecular weight excluding hydrogens is 450 g/mol. The monoisotopic (exact) mass is 473 g/mol. The van der Waals surface area contributed by atoms with Crippen LogP contribution in [0.2, 0.25) is 5.02 Å². The van der Waals surface area contributed by atoms with E-state index in [2.05, 4.69) is 0 Å². The first-order chi connectivity index (χ1) is 16.4. The predicted molar refractivity (Wildman–Crippen MR) is 136 cm³/mol. The molecule has 5 rings (SSSR count). The van der Waals surface area contributed by atoms with Gasteiger partial charge < -0.3 is 9.80 Å². The highest BCUT2D eigenvalue weighted by Crippen LogP contribution is 2.47. The number of hydrogen-bond acceptors (Lipinski definition) is 5. The molecule has 3 aromatic rings. The van der Waals surface area contributed by atoms with E-state index in [1.807, 2.05) is 84.6 Å². The Morgan fingerprint density at radius 3 is 2.32 bits per heavy atom. The summed E-state index contributed by atoms with van der Waals surface area (Å²) in [4.78, 5) is 30.2. The van der Waals surface area contributed by atoms with Crippen molar-refractivity contribution in [2.75, 3.05) is 23.9 Å². The molecule has 0 amide bonds. The summed E-state index contributed by atoms with van der Waals surface area (Å²) >= 11 is 6.06. The Bertz CT molecular complexity index is 1270. The topological polar surface area (TPSA) is 66.7 Å². The van der Waals surface area contributed by atoms with Crippen molar-refractivity contribution in [2.45, 2.75) is 24.0 Å². The summed E-state index contributed by atoms with van der Waals surface area (Å²) in [5.41, 5.74) is 4.03. The predicted octanol–water partition coefficient (Wildman–Crippen LogP) is 5.30. The molecule has 3 aromatic carbocycles. The Morgan fingerprint density at radius 1 is 1.00 bits per heavy atom. The van der Waals surface area contributed by atoms with Gasteiger partial charge in [0.1, 0.15) is 12.1 Å². The lowest BCUT2D eigenvalue weighted by atomic mass is 9.83. The second-order valence-corrected chi connectivity index (χ2v) is 9.36. The van der Waals surface area contributed by atoms with Crippen molar-refractivity contribution in [3.63, 3.8) is 0 Å². The van der Waals surface area contributed by atoms with Gasteiger partial charge in [-0.15, -0.1) is 0 Å². The number of carbonyl (C=O) groups excluding carboxylic acids is 1. The van der Waals surface area contributed by atoms with Crippen LogP contribution in [0.25, 0.3) is 6.08 Å². The zero-order valence-electron chi connectivity index (χ0n) is 18.8. The van der Waals surface area contributed by atoms with Crippen molar-refractivity contribution < 1.29 is 9.72 Å². The number of halogens is 1. The van der Waals surface area contributed by atoms with Crippen molar-refractivity contribution in [2.24, 2.45) is 0 Å². The summed E-state index contributed by atoms with van der Waals surface area (Å²) < 4.78 is 0. The Kier molecular flexibility index (Phi) is 5.62. The molecule has 0 N–H and O–H groups in total. The number of hydrogen-bond donors (Lipinski definition) is 0. The van der Waals surface area contributed by atoms with E-state index in [0.29, 0.717) is 10.6 Å². The van der Waals surface area contributed by atoms with Crippen molar-refractivity contribution in [3.05, 3.63) is 111 Å². The maximum absolute atomic E-state index is 14.0. The number of benzene rings is 3. The summed E-state index contributed by atoms with van der Waals surface area (Å²) in [6.07, 6.45) is 3.79. The quantitative estimate of drug-likeness (QED) is 0.286. The second-order valence-electron chi connectivity index (χ2n) is 8.92. The summed E-state index contributed by atoms with van der Waals surface area (Å²) in [7, 11) is 3.89. The molecule has 0 radical (unpaired) electrons. The average Bonchev–Trinajstić information content (AvgIpc) is 3.20. The minimum atomic E-state index is -0.976.